The Bertz CT molecular complexity index is 2030. The van der Waals surface area contributed by atoms with E-state index >= 15 is 0 Å². The Hall–Kier alpha value is -5.06. The Labute approximate surface area is 407 Å². The zero-order valence-electron chi connectivity index (χ0n) is 41.2. The van der Waals surface area contributed by atoms with Crippen LogP contribution in [0.25, 0.3) is 0 Å². The number of ether oxygens (including phenoxy) is 3. The number of hydrogen-bond donors (Lipinski definition) is 5. The molecule has 0 radical (unpaired) electrons. The second-order valence-corrected chi connectivity index (χ2v) is 20.2. The molecule has 2 aromatic carbocycles. The molecule has 69 heavy (non-hydrogen) atoms. The van der Waals surface area contributed by atoms with Crippen LogP contribution in [0.15, 0.2) is 36.4 Å². The number of nitrogens with one attached hydrogen (secondary N) is 5. The van der Waals surface area contributed by atoms with Gasteiger partial charge in [-0.2, -0.15) is 0 Å². The third-order valence-electron chi connectivity index (χ3n) is 15.9. The lowest BCUT2D eigenvalue weighted by molar-refractivity contribution is -0.144. The first-order valence-corrected chi connectivity index (χ1v) is 26.0. The van der Waals surface area contributed by atoms with E-state index in [1.165, 1.54) is 0 Å². The van der Waals surface area contributed by atoms with E-state index in [0.717, 1.165) is 72.3 Å². The quantitative estimate of drug-likeness (QED) is 0.154. The molecule has 4 fully saturated rings. The first kappa shape index (κ1) is 50.3. The Balaban J connectivity index is 0.939. The van der Waals surface area contributed by atoms with E-state index in [0.29, 0.717) is 97.3 Å². The number of rotatable bonds is 16. The van der Waals surface area contributed by atoms with Gasteiger partial charge in [-0.25, -0.2) is 0 Å². The summed E-state index contributed by atoms with van der Waals surface area (Å²) in [5.74, 6) is -0.0325. The zero-order valence-corrected chi connectivity index (χ0v) is 41.2. The van der Waals surface area contributed by atoms with Crippen molar-refractivity contribution in [2.45, 2.75) is 159 Å². The summed E-state index contributed by atoms with van der Waals surface area (Å²) in [7, 11) is 1.71. The summed E-state index contributed by atoms with van der Waals surface area (Å²) in [4.78, 5) is 86.7. The third kappa shape index (κ3) is 11.4. The minimum Gasteiger partial charge on any atom is -0.457 e. The minimum absolute atomic E-state index is 0.0530. The fraction of sp³-hybridized carbons (Fsp3) is 0.660. The molecular formula is C53H75N7O9. The maximum absolute atomic E-state index is 14.3. The Morgan fingerprint density at radius 1 is 0.623 bits per heavy atom. The predicted octanol–water partition coefficient (Wildman–Crippen LogP) is 4.92. The molecule has 2 aromatic rings. The number of fused-ring (bicyclic) bond motifs is 2. The van der Waals surface area contributed by atoms with Crippen molar-refractivity contribution < 1.29 is 43.0 Å². The number of likely N-dealkylation sites (N-methyl/N-ethyl adjacent to an activating group) is 1. The largest absolute Gasteiger partial charge is 0.457 e. The van der Waals surface area contributed by atoms with E-state index in [1.807, 2.05) is 38.1 Å². The molecule has 2 aliphatic carbocycles. The number of benzene rings is 2. The first-order valence-electron chi connectivity index (χ1n) is 26.0. The lowest BCUT2D eigenvalue weighted by Crippen LogP contribution is -2.58. The van der Waals surface area contributed by atoms with E-state index in [4.69, 9.17) is 14.2 Å². The maximum atomic E-state index is 14.3. The van der Waals surface area contributed by atoms with Crippen LogP contribution in [0.3, 0.4) is 0 Å². The topological polar surface area (TPSA) is 197 Å². The molecule has 6 amide bonds. The van der Waals surface area contributed by atoms with Crippen molar-refractivity contribution in [3.63, 3.8) is 0 Å². The van der Waals surface area contributed by atoms with E-state index in [9.17, 15) is 28.8 Å². The van der Waals surface area contributed by atoms with E-state index in [1.54, 1.807) is 23.8 Å². The van der Waals surface area contributed by atoms with Crippen LogP contribution in [0.5, 0.6) is 11.5 Å². The number of carbonyl (C=O) groups is 6. The smallest absolute Gasteiger partial charge is 0.246 e. The van der Waals surface area contributed by atoms with Gasteiger partial charge in [0.05, 0.1) is 18.1 Å². The highest BCUT2D eigenvalue weighted by atomic mass is 16.5. The van der Waals surface area contributed by atoms with Crippen LogP contribution in [0.1, 0.15) is 139 Å². The van der Waals surface area contributed by atoms with Crippen molar-refractivity contribution in [1.82, 2.24) is 36.4 Å². The van der Waals surface area contributed by atoms with Crippen molar-refractivity contribution in [2.75, 3.05) is 46.6 Å². The normalized spacial score (nSPS) is 24.8. The van der Waals surface area contributed by atoms with Crippen LogP contribution in [0.4, 0.5) is 0 Å². The molecular weight excluding hydrogens is 879 g/mol. The average Bonchev–Trinajstić information content (AvgIpc) is 4.09. The first-order chi connectivity index (χ1) is 33.5. The van der Waals surface area contributed by atoms with Crippen molar-refractivity contribution in [2.24, 2.45) is 17.8 Å². The van der Waals surface area contributed by atoms with Gasteiger partial charge < -0.3 is 50.6 Å². The molecule has 8 rings (SSSR count). The molecule has 16 nitrogen and oxygen atoms in total. The molecule has 4 aliphatic heterocycles. The van der Waals surface area contributed by atoms with Crippen LogP contribution in [-0.4, -0.2) is 122 Å². The Kier molecular flexibility index (Phi) is 17.0. The van der Waals surface area contributed by atoms with Crippen LogP contribution in [0, 0.1) is 17.8 Å². The number of carbonyl (C=O) groups excluding carboxylic acids is 6. The summed E-state index contributed by atoms with van der Waals surface area (Å²) >= 11 is 0. The maximum Gasteiger partial charge on any atom is 0.246 e. The zero-order chi connectivity index (χ0) is 48.6. The number of amides is 6. The van der Waals surface area contributed by atoms with Gasteiger partial charge in [-0.3, -0.25) is 28.8 Å². The summed E-state index contributed by atoms with van der Waals surface area (Å²) in [6.07, 6.45) is 10.6. The van der Waals surface area contributed by atoms with Crippen LogP contribution in [-0.2, 0) is 51.1 Å². The molecule has 5 N–H and O–H groups in total. The third-order valence-corrected chi connectivity index (χ3v) is 15.9. The summed E-state index contributed by atoms with van der Waals surface area (Å²) in [6, 6.07) is 8.31. The molecule has 0 spiro atoms. The highest BCUT2D eigenvalue weighted by Gasteiger charge is 2.44. The summed E-state index contributed by atoms with van der Waals surface area (Å²) in [6.45, 7) is 8.65. The standard InChI is InChI=1S/C53H75N7O9/c1-5-32(2)48(61)57-46(34-22-28-67-29-23-34)52(65)59-26-10-18-42(59)50(63)55-40-16-6-14-38-36(40)12-8-20-44(38)69-45-21-9-13-37-39(45)15-7-17-41(37)56-51(64)43-19-11-27-60(43)53(66)47(35-24-30-68-31-25-35)58-49(62)33(3)54-4/h8-9,12-13,20-21,32-35,40-43,46-47,54H,5-7,10-11,14-19,22-31H2,1-4H3,(H,55,63)(H,56,64)(H,57,61)(H,58,62)/t32-,33+,40-,41-,42+,43+,46+,47+/m1/s1. The monoisotopic (exact) mass is 954 g/mol. The molecule has 0 bridgehead atoms. The molecule has 16 heteroatoms. The van der Waals surface area contributed by atoms with Gasteiger partial charge in [0.15, 0.2) is 0 Å². The van der Waals surface area contributed by atoms with Gasteiger partial charge in [-0.05, 0) is 145 Å². The van der Waals surface area contributed by atoms with Gasteiger partial charge in [0.25, 0.3) is 0 Å². The second-order valence-electron chi connectivity index (χ2n) is 20.2. The van der Waals surface area contributed by atoms with Gasteiger partial charge in [0.2, 0.25) is 35.4 Å². The van der Waals surface area contributed by atoms with Crippen LogP contribution < -0.4 is 31.3 Å². The number of likely N-dealkylation sites (tertiary alicyclic amines) is 2. The lowest BCUT2D eigenvalue weighted by Gasteiger charge is -2.36. The molecule has 376 valence electrons. The van der Waals surface area contributed by atoms with E-state index in [2.05, 4.69) is 38.7 Å². The van der Waals surface area contributed by atoms with Gasteiger partial charge in [0, 0.05) is 56.6 Å². The highest BCUT2D eigenvalue weighted by Crippen LogP contribution is 2.42. The average molecular weight is 954 g/mol. The molecule has 0 unspecified atom stereocenters. The lowest BCUT2D eigenvalue weighted by atomic mass is 9.86. The van der Waals surface area contributed by atoms with Crippen LogP contribution in [0.2, 0.25) is 0 Å². The number of hydrogen-bond acceptors (Lipinski definition) is 10. The van der Waals surface area contributed by atoms with Gasteiger partial charge in [0.1, 0.15) is 35.7 Å². The van der Waals surface area contributed by atoms with Gasteiger partial charge >= 0.3 is 0 Å². The fourth-order valence-electron chi connectivity index (χ4n) is 11.5. The Morgan fingerprint density at radius 3 is 1.51 bits per heavy atom. The molecule has 4 saturated heterocycles. The van der Waals surface area contributed by atoms with Crippen molar-refractivity contribution in [3.8, 4) is 11.5 Å². The molecule has 0 aromatic heterocycles. The molecule has 8 atom stereocenters. The molecule has 4 heterocycles. The van der Waals surface area contributed by atoms with Crippen molar-refractivity contribution in [3.05, 3.63) is 58.7 Å². The van der Waals surface area contributed by atoms with Crippen molar-refractivity contribution in [1.29, 1.82) is 0 Å². The second kappa shape index (κ2) is 23.2. The van der Waals surface area contributed by atoms with Gasteiger partial charge in [-0.1, -0.05) is 38.1 Å². The van der Waals surface area contributed by atoms with Crippen LogP contribution >= 0.6 is 0 Å². The summed E-state index contributed by atoms with van der Waals surface area (Å²) in [5, 5.41) is 15.7. The molecule has 6 aliphatic rings. The highest BCUT2D eigenvalue weighted by molar-refractivity contribution is 5.94. The fourth-order valence-corrected chi connectivity index (χ4v) is 11.5. The summed E-state index contributed by atoms with van der Waals surface area (Å²) < 4.78 is 18.0. The minimum atomic E-state index is -0.736. The number of nitrogens with zero attached hydrogens (tertiary/aromatic N) is 2. The van der Waals surface area contributed by atoms with Crippen molar-refractivity contribution >= 4 is 35.4 Å². The molecule has 0 saturated carbocycles. The Morgan fingerprint density at radius 2 is 1.07 bits per heavy atom. The van der Waals surface area contributed by atoms with E-state index in [-0.39, 0.29) is 65.3 Å². The SMILES string of the molecule is CC[C@@H](C)C(=O)N[C@H](C(=O)N1CCC[C@H]1C(=O)N[C@@H]1CCCc2c(Oc3cccc4c3CCC[C@H]4NC(=O)[C@@H]3CCCN3C(=O)[C@@H](NC(=O)[C@H](C)NC)C3CCOCC3)cccc21)C1CCOCC1. The summed E-state index contributed by atoms with van der Waals surface area (Å²) in [5.41, 5.74) is 4.09. The predicted molar refractivity (Wildman–Crippen MR) is 259 cm³/mol. The van der Waals surface area contributed by atoms with Gasteiger partial charge in [-0.15, -0.1) is 0 Å². The van der Waals surface area contributed by atoms with E-state index < -0.39 is 30.2 Å².